The van der Waals surface area contributed by atoms with Crippen LogP contribution in [-0.4, -0.2) is 73.1 Å². The number of benzene rings is 2. The van der Waals surface area contributed by atoms with E-state index in [2.05, 4.69) is 0 Å². The Morgan fingerprint density at radius 2 is 1.66 bits per heavy atom. The molecule has 5 atom stereocenters. The van der Waals surface area contributed by atoms with Gasteiger partial charge in [0.05, 0.1) is 12.2 Å². The third kappa shape index (κ3) is 3.72. The van der Waals surface area contributed by atoms with Crippen molar-refractivity contribution in [1.29, 1.82) is 0 Å². The van der Waals surface area contributed by atoms with Crippen molar-refractivity contribution in [3.8, 4) is 34.1 Å². The molecule has 0 bridgehead atoms. The van der Waals surface area contributed by atoms with Crippen molar-refractivity contribution in [2.45, 2.75) is 30.7 Å². The lowest BCUT2D eigenvalue weighted by molar-refractivity contribution is -0.277. The number of ether oxygens (including phenoxy) is 2. The van der Waals surface area contributed by atoms with Gasteiger partial charge in [-0.1, -0.05) is 0 Å². The molecule has 4 rings (SSSR count). The number of hydrogen-bond acceptors (Lipinski definition) is 11. The fraction of sp³-hybridized carbons (Fsp3) is 0.286. The molecule has 0 aliphatic carbocycles. The lowest BCUT2D eigenvalue weighted by Gasteiger charge is -2.39. The minimum atomic E-state index is -1.67. The molecule has 0 amide bonds. The predicted molar refractivity (Wildman–Crippen MR) is 107 cm³/mol. The molecule has 170 valence electrons. The van der Waals surface area contributed by atoms with Crippen LogP contribution in [0, 0.1) is 0 Å². The van der Waals surface area contributed by atoms with E-state index >= 15 is 0 Å². The first kappa shape index (κ1) is 21.9. The zero-order valence-electron chi connectivity index (χ0n) is 16.3. The standard InChI is InChI=1S/C21H20O11/c22-6-15-18(27)19(28)20(29)21(32-15)31-9-4-13(25)16-14(5-9)30-7-11(17(16)26)10-2-1-8(23)3-12(10)24/h1-5,7,15,18-25,27-29H,6H2. The molecule has 2 heterocycles. The average Bonchev–Trinajstić information content (AvgIpc) is 2.75. The molecule has 1 saturated heterocycles. The summed E-state index contributed by atoms with van der Waals surface area (Å²) in [5.41, 5.74) is -0.729. The summed E-state index contributed by atoms with van der Waals surface area (Å²) in [6.07, 6.45) is -6.51. The summed E-state index contributed by atoms with van der Waals surface area (Å²) in [4.78, 5) is 12.9. The molecule has 2 aromatic carbocycles. The van der Waals surface area contributed by atoms with Crippen LogP contribution in [0.4, 0.5) is 0 Å². The lowest BCUT2D eigenvalue weighted by atomic mass is 9.99. The van der Waals surface area contributed by atoms with Crippen LogP contribution >= 0.6 is 0 Å². The number of phenolic OH excluding ortho intramolecular Hbond substituents is 3. The SMILES string of the molecule is O=c1c(-c2ccc(O)cc2O)coc2cc(OC3OC(CO)C(O)C(O)C3O)cc(O)c12. The molecule has 0 saturated carbocycles. The highest BCUT2D eigenvalue weighted by Crippen LogP contribution is 2.35. The number of fused-ring (bicyclic) bond motifs is 1. The first-order valence-electron chi connectivity index (χ1n) is 9.49. The Kier molecular flexibility index (Phi) is 5.67. The molecule has 0 radical (unpaired) electrons. The van der Waals surface area contributed by atoms with Crippen molar-refractivity contribution in [2.24, 2.45) is 0 Å². The molecule has 0 spiro atoms. The van der Waals surface area contributed by atoms with Crippen molar-refractivity contribution in [3.05, 3.63) is 46.8 Å². The van der Waals surface area contributed by atoms with Gasteiger partial charge in [-0.25, -0.2) is 0 Å². The smallest absolute Gasteiger partial charge is 0.229 e. The first-order chi connectivity index (χ1) is 15.2. The van der Waals surface area contributed by atoms with Crippen molar-refractivity contribution in [2.75, 3.05) is 6.61 Å². The molecule has 1 aliphatic heterocycles. The van der Waals surface area contributed by atoms with Gasteiger partial charge in [-0.2, -0.15) is 0 Å². The van der Waals surface area contributed by atoms with E-state index in [1.807, 2.05) is 0 Å². The molecule has 1 aromatic heterocycles. The second-order valence-electron chi connectivity index (χ2n) is 7.31. The van der Waals surface area contributed by atoms with Gasteiger partial charge >= 0.3 is 0 Å². The maximum atomic E-state index is 12.9. The normalized spacial score (nSPS) is 25.7. The van der Waals surface area contributed by atoms with Gasteiger partial charge in [0.2, 0.25) is 11.7 Å². The van der Waals surface area contributed by atoms with Gasteiger partial charge in [0.15, 0.2) is 0 Å². The van der Waals surface area contributed by atoms with Crippen LogP contribution in [0.15, 0.2) is 45.8 Å². The zero-order chi connectivity index (χ0) is 23.2. The van der Waals surface area contributed by atoms with Gasteiger partial charge in [0, 0.05) is 23.8 Å². The monoisotopic (exact) mass is 448 g/mol. The molecule has 3 aromatic rings. The van der Waals surface area contributed by atoms with E-state index in [0.717, 1.165) is 18.4 Å². The van der Waals surface area contributed by atoms with Crippen LogP contribution in [0.1, 0.15) is 0 Å². The minimum absolute atomic E-state index is 0.0621. The number of aliphatic hydroxyl groups excluding tert-OH is 4. The molecule has 32 heavy (non-hydrogen) atoms. The van der Waals surface area contributed by atoms with Gasteiger partial charge < -0.3 is 49.6 Å². The summed E-state index contributed by atoms with van der Waals surface area (Å²) < 4.78 is 16.1. The number of aromatic hydroxyl groups is 3. The minimum Gasteiger partial charge on any atom is -0.508 e. The topological polar surface area (TPSA) is 190 Å². The number of phenols is 3. The van der Waals surface area contributed by atoms with E-state index < -0.39 is 48.5 Å². The molecule has 1 fully saturated rings. The van der Waals surface area contributed by atoms with E-state index in [1.165, 1.54) is 18.2 Å². The first-order valence-corrected chi connectivity index (χ1v) is 9.49. The highest BCUT2D eigenvalue weighted by molar-refractivity contribution is 5.88. The molecule has 7 N–H and O–H groups in total. The van der Waals surface area contributed by atoms with Crippen LogP contribution in [-0.2, 0) is 4.74 Å². The lowest BCUT2D eigenvalue weighted by Crippen LogP contribution is -2.60. The summed E-state index contributed by atoms with van der Waals surface area (Å²) in [6.45, 7) is -0.643. The van der Waals surface area contributed by atoms with Crippen LogP contribution < -0.4 is 10.2 Å². The average molecular weight is 448 g/mol. The van der Waals surface area contributed by atoms with Crippen LogP contribution in [0.25, 0.3) is 22.1 Å². The van der Waals surface area contributed by atoms with E-state index in [9.17, 15) is 40.5 Å². The maximum Gasteiger partial charge on any atom is 0.229 e. The quantitative estimate of drug-likeness (QED) is 0.279. The second-order valence-corrected chi connectivity index (χ2v) is 7.31. The maximum absolute atomic E-state index is 12.9. The predicted octanol–water partition coefficient (Wildman–Crippen LogP) is -0.245. The van der Waals surface area contributed by atoms with Crippen LogP contribution in [0.2, 0.25) is 0 Å². The number of aliphatic hydroxyl groups is 4. The van der Waals surface area contributed by atoms with Crippen molar-refractivity contribution >= 4 is 11.0 Å². The van der Waals surface area contributed by atoms with E-state index in [0.29, 0.717) is 0 Å². The van der Waals surface area contributed by atoms with Gasteiger partial charge in [-0.05, 0) is 12.1 Å². The van der Waals surface area contributed by atoms with Gasteiger partial charge in [-0.15, -0.1) is 0 Å². The van der Waals surface area contributed by atoms with Crippen molar-refractivity contribution < 1.29 is 49.6 Å². The fourth-order valence-corrected chi connectivity index (χ4v) is 3.51. The highest BCUT2D eigenvalue weighted by Gasteiger charge is 2.44. The van der Waals surface area contributed by atoms with Gasteiger partial charge in [0.25, 0.3) is 0 Å². The van der Waals surface area contributed by atoms with Crippen molar-refractivity contribution in [3.63, 3.8) is 0 Å². The Labute approximate surface area is 179 Å². The summed E-state index contributed by atoms with van der Waals surface area (Å²) in [7, 11) is 0. The fourth-order valence-electron chi connectivity index (χ4n) is 3.51. The Morgan fingerprint density at radius 3 is 2.34 bits per heavy atom. The molecule has 1 aliphatic rings. The Balaban J connectivity index is 1.70. The Bertz CT molecular complexity index is 1200. The number of hydrogen-bond donors (Lipinski definition) is 7. The molecule has 5 unspecified atom stereocenters. The third-order valence-corrected chi connectivity index (χ3v) is 5.20. The Hall–Kier alpha value is -3.35. The molecule has 11 nitrogen and oxygen atoms in total. The Morgan fingerprint density at radius 1 is 0.906 bits per heavy atom. The van der Waals surface area contributed by atoms with Gasteiger partial charge in [0.1, 0.15) is 64.6 Å². The largest absolute Gasteiger partial charge is 0.508 e. The van der Waals surface area contributed by atoms with E-state index in [1.54, 1.807) is 0 Å². The van der Waals surface area contributed by atoms with E-state index in [-0.39, 0.29) is 39.3 Å². The summed E-state index contributed by atoms with van der Waals surface area (Å²) in [6, 6.07) is 5.93. The molecule has 11 heteroatoms. The second kappa shape index (κ2) is 8.30. The van der Waals surface area contributed by atoms with E-state index in [4.69, 9.17) is 13.9 Å². The third-order valence-electron chi connectivity index (χ3n) is 5.20. The van der Waals surface area contributed by atoms with Crippen molar-refractivity contribution in [1.82, 2.24) is 0 Å². The van der Waals surface area contributed by atoms with Gasteiger partial charge in [-0.3, -0.25) is 4.79 Å². The van der Waals surface area contributed by atoms with Crippen LogP contribution in [0.5, 0.6) is 23.0 Å². The zero-order valence-corrected chi connectivity index (χ0v) is 16.3. The van der Waals surface area contributed by atoms with Crippen LogP contribution in [0.3, 0.4) is 0 Å². The summed E-state index contributed by atoms with van der Waals surface area (Å²) in [5, 5.41) is 68.7. The molecular weight excluding hydrogens is 428 g/mol. The highest BCUT2D eigenvalue weighted by atomic mass is 16.7. The summed E-state index contributed by atoms with van der Waals surface area (Å²) >= 11 is 0. The summed E-state index contributed by atoms with van der Waals surface area (Å²) in [5.74, 6) is -1.19. The molecular formula is C21H20O11. The number of rotatable bonds is 4.